The van der Waals surface area contributed by atoms with Crippen LogP contribution < -0.4 is 0 Å². The minimum Gasteiger partial charge on any atom is -0.477 e. The molecule has 52 valence electrons. The lowest BCUT2D eigenvalue weighted by atomic mass is 10.3. The summed E-state index contributed by atoms with van der Waals surface area (Å²) in [7, 11) is 0. The highest BCUT2D eigenvalue weighted by Gasteiger charge is 2.14. The number of rotatable bonds is 2. The molecule has 0 spiro atoms. The van der Waals surface area contributed by atoms with Gasteiger partial charge in [-0.2, -0.15) is 5.26 Å². The molecule has 0 saturated heterocycles. The van der Waals surface area contributed by atoms with Gasteiger partial charge in [-0.1, -0.05) is 0 Å². The molecular weight excluding hydrogens is 138 g/mol. The van der Waals surface area contributed by atoms with E-state index in [4.69, 9.17) is 15.5 Å². The Labute approximate surface area is 55.8 Å². The Hall–Kier alpha value is -1.83. The third-order valence-electron chi connectivity index (χ3n) is 0.670. The largest absolute Gasteiger partial charge is 0.477 e. The number of nitriles is 1. The molecule has 0 aliphatic rings. The molecule has 2 N–H and O–H groups in total. The molecule has 0 heterocycles. The molecule has 0 aromatic carbocycles. The predicted molar refractivity (Wildman–Crippen MR) is 29.0 cm³/mol. The zero-order valence-electron chi connectivity index (χ0n) is 4.74. The number of nitrogens with zero attached hydrogens (tertiary/aromatic N) is 1. The first-order valence-electron chi connectivity index (χ1n) is 2.16. The molecule has 0 aromatic rings. The van der Waals surface area contributed by atoms with Crippen LogP contribution in [0.4, 0.5) is 0 Å². The summed E-state index contributed by atoms with van der Waals surface area (Å²) in [5.74, 6) is -3.23. The number of aliphatic carboxylic acids is 2. The molecule has 0 fully saturated rings. The highest BCUT2D eigenvalue weighted by Crippen LogP contribution is 1.92. The number of carbonyl (C=O) groups is 2. The third-order valence-corrected chi connectivity index (χ3v) is 0.670. The molecule has 5 nitrogen and oxygen atoms in total. The van der Waals surface area contributed by atoms with E-state index in [1.807, 2.05) is 0 Å². The van der Waals surface area contributed by atoms with Gasteiger partial charge in [0, 0.05) is 6.08 Å². The van der Waals surface area contributed by atoms with E-state index >= 15 is 0 Å². The Morgan fingerprint density at radius 1 is 1.30 bits per heavy atom. The smallest absolute Gasteiger partial charge is 0.343 e. The van der Waals surface area contributed by atoms with Crippen LogP contribution in [0.3, 0.4) is 0 Å². The Kier molecular flexibility index (Phi) is 2.65. The molecule has 5 heteroatoms. The van der Waals surface area contributed by atoms with Crippen molar-refractivity contribution in [2.24, 2.45) is 0 Å². The standard InChI is InChI=1S/C5H3NO4/c6-2-1-3(4(7)8)5(9)10/h1H,(H,7,8)(H,9,10). The molecule has 0 aromatic heterocycles. The van der Waals surface area contributed by atoms with E-state index in [0.29, 0.717) is 6.08 Å². The maximum atomic E-state index is 9.93. The summed E-state index contributed by atoms with van der Waals surface area (Å²) < 4.78 is 0. The quantitative estimate of drug-likeness (QED) is 0.236. The second-order valence-corrected chi connectivity index (χ2v) is 1.30. The Bertz CT molecular complexity index is 219. The summed E-state index contributed by atoms with van der Waals surface area (Å²) in [4.78, 5) is 19.9. The Morgan fingerprint density at radius 3 is 1.80 bits per heavy atom. The van der Waals surface area contributed by atoms with Crippen molar-refractivity contribution in [1.82, 2.24) is 0 Å². The zero-order valence-corrected chi connectivity index (χ0v) is 4.74. The Morgan fingerprint density at radius 2 is 1.70 bits per heavy atom. The van der Waals surface area contributed by atoms with E-state index in [2.05, 4.69) is 0 Å². The van der Waals surface area contributed by atoms with E-state index < -0.39 is 17.5 Å². The molecule has 0 aliphatic carbocycles. The second kappa shape index (κ2) is 3.25. The molecule has 0 saturated carbocycles. The predicted octanol–water partition coefficient (Wildman–Crippen LogP) is -0.394. The summed E-state index contributed by atoms with van der Waals surface area (Å²) in [6.45, 7) is 0. The molecule has 0 atom stereocenters. The van der Waals surface area contributed by atoms with Crippen LogP contribution in [0.1, 0.15) is 0 Å². The van der Waals surface area contributed by atoms with Crippen molar-refractivity contribution in [3.63, 3.8) is 0 Å². The van der Waals surface area contributed by atoms with Crippen LogP contribution in [0.15, 0.2) is 11.6 Å². The zero-order chi connectivity index (χ0) is 8.15. The summed E-state index contributed by atoms with van der Waals surface area (Å²) in [5, 5.41) is 24.0. The van der Waals surface area contributed by atoms with Gasteiger partial charge in [-0.25, -0.2) is 9.59 Å². The first-order chi connectivity index (χ1) is 4.59. The van der Waals surface area contributed by atoms with Crippen molar-refractivity contribution >= 4 is 11.9 Å². The van der Waals surface area contributed by atoms with Crippen LogP contribution in [0.5, 0.6) is 0 Å². The van der Waals surface area contributed by atoms with Gasteiger partial charge in [0.1, 0.15) is 0 Å². The van der Waals surface area contributed by atoms with Gasteiger partial charge < -0.3 is 10.2 Å². The number of hydrogen-bond acceptors (Lipinski definition) is 3. The lowest BCUT2D eigenvalue weighted by Gasteiger charge is -1.88. The van der Waals surface area contributed by atoms with Gasteiger partial charge in [-0.15, -0.1) is 0 Å². The first-order valence-corrected chi connectivity index (χ1v) is 2.16. The van der Waals surface area contributed by atoms with Crippen molar-refractivity contribution in [2.45, 2.75) is 0 Å². The number of hydrogen-bond donors (Lipinski definition) is 2. The molecule has 10 heavy (non-hydrogen) atoms. The minimum atomic E-state index is -1.62. The van der Waals surface area contributed by atoms with Crippen molar-refractivity contribution in [3.05, 3.63) is 11.6 Å². The first kappa shape index (κ1) is 8.17. The van der Waals surface area contributed by atoms with Crippen LogP contribution >= 0.6 is 0 Å². The van der Waals surface area contributed by atoms with Crippen molar-refractivity contribution in [3.8, 4) is 6.07 Å². The average Bonchev–Trinajstić information content (AvgIpc) is 1.81. The normalized spacial score (nSPS) is 7.50. The van der Waals surface area contributed by atoms with Crippen LogP contribution in [0, 0.1) is 11.3 Å². The molecule has 0 unspecified atom stereocenters. The molecular formula is C5H3NO4. The van der Waals surface area contributed by atoms with Crippen molar-refractivity contribution < 1.29 is 19.8 Å². The average molecular weight is 141 g/mol. The molecule has 0 rings (SSSR count). The maximum absolute atomic E-state index is 9.93. The van der Waals surface area contributed by atoms with E-state index in [1.54, 1.807) is 0 Å². The van der Waals surface area contributed by atoms with E-state index in [0.717, 1.165) is 0 Å². The lowest BCUT2D eigenvalue weighted by molar-refractivity contribution is -0.140. The summed E-state index contributed by atoms with van der Waals surface area (Å²) >= 11 is 0. The van der Waals surface area contributed by atoms with Gasteiger partial charge in [0.25, 0.3) is 0 Å². The topological polar surface area (TPSA) is 98.4 Å². The third kappa shape index (κ3) is 1.96. The Balaban J connectivity index is 4.64. The van der Waals surface area contributed by atoms with Gasteiger partial charge in [-0.3, -0.25) is 0 Å². The van der Waals surface area contributed by atoms with Crippen molar-refractivity contribution in [1.29, 1.82) is 5.26 Å². The second-order valence-electron chi connectivity index (χ2n) is 1.30. The molecule has 0 aliphatic heterocycles. The maximum Gasteiger partial charge on any atom is 0.343 e. The molecule has 0 radical (unpaired) electrons. The van der Waals surface area contributed by atoms with E-state index in [-0.39, 0.29) is 0 Å². The van der Waals surface area contributed by atoms with E-state index in [9.17, 15) is 9.59 Å². The fourth-order valence-electron chi connectivity index (χ4n) is 0.280. The summed E-state index contributed by atoms with van der Waals surface area (Å²) in [5.41, 5.74) is -0.928. The number of carboxylic acid groups (broad SMARTS) is 2. The SMILES string of the molecule is N#CC=C(C(=O)O)C(=O)O. The fourth-order valence-corrected chi connectivity index (χ4v) is 0.280. The van der Waals surface area contributed by atoms with Crippen LogP contribution in [0.2, 0.25) is 0 Å². The van der Waals surface area contributed by atoms with E-state index in [1.165, 1.54) is 6.07 Å². The van der Waals surface area contributed by atoms with Crippen LogP contribution in [0.25, 0.3) is 0 Å². The van der Waals surface area contributed by atoms with Gasteiger partial charge in [-0.05, 0) is 0 Å². The molecule has 0 amide bonds. The highest BCUT2D eigenvalue weighted by atomic mass is 16.4. The van der Waals surface area contributed by atoms with Gasteiger partial charge >= 0.3 is 11.9 Å². The number of carboxylic acids is 2. The van der Waals surface area contributed by atoms with Gasteiger partial charge in [0.2, 0.25) is 0 Å². The van der Waals surface area contributed by atoms with Crippen LogP contribution in [-0.2, 0) is 9.59 Å². The minimum absolute atomic E-state index is 0.463. The van der Waals surface area contributed by atoms with Gasteiger partial charge in [0.05, 0.1) is 6.07 Å². The summed E-state index contributed by atoms with van der Waals surface area (Å²) in [6.07, 6.45) is 0.463. The number of allylic oxidation sites excluding steroid dienone is 1. The highest BCUT2D eigenvalue weighted by molar-refractivity contribution is 6.12. The van der Waals surface area contributed by atoms with Crippen LogP contribution in [-0.4, -0.2) is 22.2 Å². The molecule has 0 bridgehead atoms. The van der Waals surface area contributed by atoms with Gasteiger partial charge in [0.15, 0.2) is 5.57 Å². The monoisotopic (exact) mass is 141 g/mol. The summed E-state index contributed by atoms with van der Waals surface area (Å²) in [6, 6.07) is 1.31. The lowest BCUT2D eigenvalue weighted by Crippen LogP contribution is -2.10. The van der Waals surface area contributed by atoms with Crippen molar-refractivity contribution in [2.75, 3.05) is 0 Å². The fraction of sp³-hybridized carbons (Fsp3) is 0.